The lowest BCUT2D eigenvalue weighted by atomic mass is 10.1. The molecule has 4 aromatic rings. The lowest BCUT2D eigenvalue weighted by Gasteiger charge is -2.14. The molecule has 3 aromatic carbocycles. The van der Waals surface area contributed by atoms with Gasteiger partial charge in [-0.15, -0.1) is 0 Å². The van der Waals surface area contributed by atoms with Gasteiger partial charge in [-0.05, 0) is 36.4 Å². The summed E-state index contributed by atoms with van der Waals surface area (Å²) in [5.74, 6) is 6.45. The first-order valence-electron chi connectivity index (χ1n) is 11.1. The molecule has 0 saturated carbocycles. The molecule has 1 aromatic heterocycles. The second kappa shape index (κ2) is 11.6. The van der Waals surface area contributed by atoms with E-state index in [9.17, 15) is 4.79 Å². The van der Waals surface area contributed by atoms with E-state index in [0.29, 0.717) is 35.0 Å². The second-order valence-corrected chi connectivity index (χ2v) is 7.77. The van der Waals surface area contributed by atoms with Crippen LogP contribution in [0.4, 0.5) is 0 Å². The number of hydrogen-bond donors (Lipinski definition) is 2. The third kappa shape index (κ3) is 6.20. The number of carbonyl (C=O) groups excluding carboxylic acids is 1. The van der Waals surface area contributed by atoms with Crippen LogP contribution in [-0.4, -0.2) is 30.5 Å². The molecule has 36 heavy (non-hydrogen) atoms. The zero-order valence-corrected chi connectivity index (χ0v) is 19.7. The molecule has 0 spiro atoms. The standard InChI is InChI=1S/C27H26N4O5/c1-33-27(32)19-9-10-20(25(13-19)36-17-26(28)31-29)15-34-22-6-4-7-23(14-22)35-16-21-12-11-18-5-2-3-8-24(18)30-21/h2-14H,15-17,29H2,1H3,(H2,28,31). The number of rotatable bonds is 10. The molecule has 0 atom stereocenters. The van der Waals surface area contributed by atoms with E-state index in [0.717, 1.165) is 16.6 Å². The lowest BCUT2D eigenvalue weighted by molar-refractivity contribution is 0.0600. The molecule has 4 N–H and O–H groups in total. The van der Waals surface area contributed by atoms with Gasteiger partial charge in [0.25, 0.3) is 0 Å². The van der Waals surface area contributed by atoms with E-state index in [-0.39, 0.29) is 19.0 Å². The van der Waals surface area contributed by atoms with Crippen LogP contribution in [0.1, 0.15) is 21.6 Å². The van der Waals surface area contributed by atoms with Crippen LogP contribution in [0.25, 0.3) is 10.9 Å². The Kier molecular flexibility index (Phi) is 7.82. The maximum atomic E-state index is 11.9. The number of methoxy groups -OCH3 is 1. The van der Waals surface area contributed by atoms with Crippen molar-refractivity contribution in [3.05, 3.63) is 95.7 Å². The first-order valence-corrected chi connectivity index (χ1v) is 11.1. The van der Waals surface area contributed by atoms with Crippen molar-refractivity contribution in [1.82, 2.24) is 4.98 Å². The van der Waals surface area contributed by atoms with Crippen LogP contribution < -0.4 is 25.8 Å². The predicted octanol–water partition coefficient (Wildman–Crippen LogP) is 3.79. The predicted molar refractivity (Wildman–Crippen MR) is 136 cm³/mol. The van der Waals surface area contributed by atoms with Crippen molar-refractivity contribution in [2.24, 2.45) is 16.7 Å². The number of hydrogen-bond acceptors (Lipinski definition) is 8. The minimum absolute atomic E-state index is 0.0414. The highest BCUT2D eigenvalue weighted by atomic mass is 16.5. The molecule has 1 heterocycles. The number of hydrazone groups is 1. The maximum absolute atomic E-state index is 11.9. The Hall–Kier alpha value is -4.79. The Morgan fingerprint density at radius 3 is 2.44 bits per heavy atom. The fraction of sp³-hybridized carbons (Fsp3) is 0.148. The number of ether oxygens (including phenoxy) is 4. The van der Waals surface area contributed by atoms with E-state index in [1.165, 1.54) is 7.11 Å². The van der Waals surface area contributed by atoms with Crippen molar-refractivity contribution in [1.29, 1.82) is 0 Å². The van der Waals surface area contributed by atoms with Gasteiger partial charge in [0, 0.05) is 17.0 Å². The SMILES string of the molecule is COC(=O)c1ccc(COc2cccc(OCc3ccc4ccccc4n3)c2)c(OC/C(N)=N/N)c1. The van der Waals surface area contributed by atoms with Crippen LogP contribution in [0.2, 0.25) is 0 Å². The Morgan fingerprint density at radius 2 is 1.67 bits per heavy atom. The van der Waals surface area contributed by atoms with Gasteiger partial charge in [0.05, 0.1) is 23.9 Å². The number of pyridine rings is 1. The number of nitrogens with two attached hydrogens (primary N) is 2. The van der Waals surface area contributed by atoms with E-state index >= 15 is 0 Å². The fourth-order valence-electron chi connectivity index (χ4n) is 3.40. The van der Waals surface area contributed by atoms with Gasteiger partial charge in [0.2, 0.25) is 0 Å². The van der Waals surface area contributed by atoms with E-state index in [1.54, 1.807) is 24.3 Å². The van der Waals surface area contributed by atoms with E-state index in [1.807, 2.05) is 54.6 Å². The molecule has 9 heteroatoms. The summed E-state index contributed by atoms with van der Waals surface area (Å²) in [6, 6.07) is 24.1. The highest BCUT2D eigenvalue weighted by molar-refractivity contribution is 5.90. The third-order valence-electron chi connectivity index (χ3n) is 5.27. The normalized spacial score (nSPS) is 11.2. The van der Waals surface area contributed by atoms with Gasteiger partial charge in [-0.25, -0.2) is 9.78 Å². The summed E-state index contributed by atoms with van der Waals surface area (Å²) < 4.78 is 22.4. The molecule has 184 valence electrons. The van der Waals surface area contributed by atoms with Gasteiger partial charge >= 0.3 is 5.97 Å². The van der Waals surface area contributed by atoms with Crippen LogP contribution >= 0.6 is 0 Å². The van der Waals surface area contributed by atoms with Crippen LogP contribution in [-0.2, 0) is 18.0 Å². The van der Waals surface area contributed by atoms with Gasteiger partial charge in [-0.2, -0.15) is 5.10 Å². The van der Waals surface area contributed by atoms with Crippen LogP contribution in [0, 0.1) is 0 Å². The molecule has 0 aliphatic carbocycles. The lowest BCUT2D eigenvalue weighted by Crippen LogP contribution is -2.23. The van der Waals surface area contributed by atoms with Gasteiger partial charge in [0.1, 0.15) is 37.1 Å². The molecule has 0 saturated heterocycles. The minimum atomic E-state index is -0.487. The molecule has 9 nitrogen and oxygen atoms in total. The number of benzene rings is 3. The molecule has 0 radical (unpaired) electrons. The number of aromatic nitrogens is 1. The number of para-hydroxylation sites is 1. The Bertz CT molecular complexity index is 1390. The first kappa shape index (κ1) is 24.3. The number of amidine groups is 1. The molecule has 0 fully saturated rings. The van der Waals surface area contributed by atoms with Gasteiger partial charge in [0.15, 0.2) is 5.84 Å². The maximum Gasteiger partial charge on any atom is 0.337 e. The highest BCUT2D eigenvalue weighted by Crippen LogP contribution is 2.26. The Morgan fingerprint density at radius 1 is 0.889 bits per heavy atom. The van der Waals surface area contributed by atoms with Gasteiger partial charge in [-0.3, -0.25) is 0 Å². The molecular formula is C27H26N4O5. The van der Waals surface area contributed by atoms with Crippen LogP contribution in [0.5, 0.6) is 17.2 Å². The average Bonchev–Trinajstić information content (AvgIpc) is 2.93. The van der Waals surface area contributed by atoms with Crippen molar-refractivity contribution in [2.75, 3.05) is 13.7 Å². The summed E-state index contributed by atoms with van der Waals surface area (Å²) in [6.07, 6.45) is 0. The summed E-state index contributed by atoms with van der Waals surface area (Å²) in [6.45, 7) is 0.456. The number of carbonyl (C=O) groups is 1. The number of esters is 1. The van der Waals surface area contributed by atoms with Crippen LogP contribution in [0.3, 0.4) is 0 Å². The molecule has 0 bridgehead atoms. The Labute approximate surface area is 208 Å². The fourth-order valence-corrected chi connectivity index (χ4v) is 3.40. The molecule has 0 amide bonds. The van der Waals surface area contributed by atoms with Crippen LogP contribution in [0.15, 0.2) is 84.0 Å². The summed E-state index contributed by atoms with van der Waals surface area (Å²) in [5.41, 5.74) is 8.41. The molecule has 0 unspecified atom stereocenters. The van der Waals surface area contributed by atoms with Gasteiger partial charge in [-0.1, -0.05) is 36.4 Å². The molecule has 4 rings (SSSR count). The Balaban J connectivity index is 1.42. The molecule has 0 aliphatic rings. The number of fused-ring (bicyclic) bond motifs is 1. The van der Waals surface area contributed by atoms with Crippen molar-refractivity contribution in [2.45, 2.75) is 13.2 Å². The largest absolute Gasteiger partial charge is 0.489 e. The van der Waals surface area contributed by atoms with Crippen molar-refractivity contribution < 1.29 is 23.7 Å². The molecular weight excluding hydrogens is 460 g/mol. The summed E-state index contributed by atoms with van der Waals surface area (Å²) in [5, 5.41) is 4.47. The zero-order chi connectivity index (χ0) is 25.3. The summed E-state index contributed by atoms with van der Waals surface area (Å²) >= 11 is 0. The average molecular weight is 487 g/mol. The summed E-state index contributed by atoms with van der Waals surface area (Å²) in [7, 11) is 1.31. The monoisotopic (exact) mass is 486 g/mol. The minimum Gasteiger partial charge on any atom is -0.489 e. The van der Waals surface area contributed by atoms with Crippen molar-refractivity contribution in [3.63, 3.8) is 0 Å². The zero-order valence-electron chi connectivity index (χ0n) is 19.7. The highest BCUT2D eigenvalue weighted by Gasteiger charge is 2.13. The van der Waals surface area contributed by atoms with E-state index in [2.05, 4.69) is 10.1 Å². The topological polar surface area (TPSA) is 131 Å². The van der Waals surface area contributed by atoms with Crippen molar-refractivity contribution in [3.8, 4) is 17.2 Å². The van der Waals surface area contributed by atoms with Crippen molar-refractivity contribution >= 4 is 22.7 Å². The van der Waals surface area contributed by atoms with E-state index < -0.39 is 5.97 Å². The summed E-state index contributed by atoms with van der Waals surface area (Å²) in [4.78, 5) is 16.6. The number of nitrogens with zero attached hydrogens (tertiary/aromatic N) is 2. The molecule has 0 aliphatic heterocycles. The quantitative estimate of drug-likeness (QED) is 0.114. The van der Waals surface area contributed by atoms with Gasteiger partial charge < -0.3 is 30.5 Å². The third-order valence-corrected chi connectivity index (χ3v) is 5.27. The second-order valence-electron chi connectivity index (χ2n) is 7.77. The first-order chi connectivity index (χ1) is 17.6. The smallest absolute Gasteiger partial charge is 0.337 e. The van der Waals surface area contributed by atoms with E-state index in [4.69, 9.17) is 30.5 Å².